The highest BCUT2D eigenvalue weighted by atomic mass is 32.2. The van der Waals surface area contributed by atoms with Crippen molar-refractivity contribution in [1.29, 1.82) is 5.26 Å². The molecule has 25 heavy (non-hydrogen) atoms. The number of hydrogen-bond acceptors (Lipinski definition) is 6. The van der Waals surface area contributed by atoms with Gasteiger partial charge in [0.15, 0.2) is 0 Å². The monoisotopic (exact) mass is 366 g/mol. The first kappa shape index (κ1) is 18.1. The third-order valence-corrected chi connectivity index (χ3v) is 6.13. The van der Waals surface area contributed by atoms with Crippen LogP contribution in [0, 0.1) is 11.3 Å². The molecule has 1 aliphatic carbocycles. The van der Waals surface area contributed by atoms with Gasteiger partial charge in [-0.15, -0.1) is 0 Å². The molecule has 1 aromatic rings. The van der Waals surface area contributed by atoms with Gasteiger partial charge in [-0.05, 0) is 31.7 Å². The summed E-state index contributed by atoms with van der Waals surface area (Å²) in [6, 6.07) is 5.31. The summed E-state index contributed by atoms with van der Waals surface area (Å²) in [6.45, 7) is 1.69. The molecule has 1 N–H and O–H groups in total. The number of rotatable bonds is 5. The van der Waals surface area contributed by atoms with Crippen LogP contribution in [0.25, 0.3) is 0 Å². The van der Waals surface area contributed by atoms with E-state index in [0.29, 0.717) is 37.7 Å². The highest BCUT2D eigenvalue weighted by molar-refractivity contribution is 7.87. The fourth-order valence-corrected chi connectivity index (χ4v) is 4.49. The van der Waals surface area contributed by atoms with Crippen molar-refractivity contribution in [1.82, 2.24) is 14.0 Å². The van der Waals surface area contributed by atoms with E-state index >= 15 is 0 Å². The summed E-state index contributed by atoms with van der Waals surface area (Å²) in [4.78, 5) is 4.11. The maximum absolute atomic E-state index is 12.4. The summed E-state index contributed by atoms with van der Waals surface area (Å²) < 4.78 is 40.0. The predicted octanol–water partition coefficient (Wildman–Crippen LogP) is 0.810. The highest BCUT2D eigenvalue weighted by Crippen LogP contribution is 2.24. The largest absolute Gasteiger partial charge is 0.474 e. The Hall–Kier alpha value is -1.73. The molecule has 0 spiro atoms. The van der Waals surface area contributed by atoms with Gasteiger partial charge in [-0.3, -0.25) is 0 Å². The molecule has 1 saturated heterocycles. The van der Waals surface area contributed by atoms with Crippen LogP contribution in [0.2, 0.25) is 0 Å². The van der Waals surface area contributed by atoms with Gasteiger partial charge < -0.3 is 9.47 Å². The summed E-state index contributed by atoms with van der Waals surface area (Å²) in [7, 11) is -3.45. The van der Waals surface area contributed by atoms with Crippen LogP contribution in [-0.4, -0.2) is 56.2 Å². The molecule has 0 aromatic carbocycles. The zero-order valence-corrected chi connectivity index (χ0v) is 14.7. The van der Waals surface area contributed by atoms with Crippen molar-refractivity contribution >= 4 is 10.2 Å². The van der Waals surface area contributed by atoms with Gasteiger partial charge in [0.05, 0.1) is 18.8 Å². The van der Waals surface area contributed by atoms with Crippen LogP contribution in [0.4, 0.5) is 0 Å². The lowest BCUT2D eigenvalue weighted by molar-refractivity contribution is 0.0719. The van der Waals surface area contributed by atoms with Crippen LogP contribution < -0.4 is 9.46 Å². The zero-order valence-electron chi connectivity index (χ0n) is 13.9. The van der Waals surface area contributed by atoms with Gasteiger partial charge in [-0.1, -0.05) is 0 Å². The minimum absolute atomic E-state index is 0.0181. The first-order chi connectivity index (χ1) is 12.1. The lowest BCUT2D eigenvalue weighted by Crippen LogP contribution is -2.50. The molecular formula is C16H22N4O4S. The van der Waals surface area contributed by atoms with Crippen LogP contribution >= 0.6 is 0 Å². The fraction of sp³-hybridized carbons (Fsp3) is 0.625. The molecule has 1 aromatic heterocycles. The Morgan fingerprint density at radius 1 is 1.24 bits per heavy atom. The summed E-state index contributed by atoms with van der Waals surface area (Å²) >= 11 is 0. The molecular weight excluding hydrogens is 344 g/mol. The molecule has 0 radical (unpaired) electrons. The van der Waals surface area contributed by atoms with Crippen molar-refractivity contribution in [2.24, 2.45) is 0 Å². The van der Waals surface area contributed by atoms with E-state index in [1.54, 1.807) is 12.1 Å². The molecule has 0 amide bonds. The van der Waals surface area contributed by atoms with Crippen molar-refractivity contribution in [2.75, 3.05) is 26.3 Å². The van der Waals surface area contributed by atoms with Gasteiger partial charge in [-0.25, -0.2) is 4.98 Å². The topological polar surface area (TPSA) is 105 Å². The summed E-state index contributed by atoms with van der Waals surface area (Å²) in [5, 5.41) is 8.77. The van der Waals surface area contributed by atoms with E-state index in [4.69, 9.17) is 14.7 Å². The van der Waals surface area contributed by atoms with Crippen molar-refractivity contribution in [3.63, 3.8) is 0 Å². The van der Waals surface area contributed by atoms with E-state index in [2.05, 4.69) is 9.71 Å². The molecule has 9 heteroatoms. The van der Waals surface area contributed by atoms with Gasteiger partial charge in [0.25, 0.3) is 10.2 Å². The Bertz CT molecular complexity index is 703. The first-order valence-electron chi connectivity index (χ1n) is 8.45. The molecule has 0 atom stereocenters. The second-order valence-corrected chi connectivity index (χ2v) is 7.92. The summed E-state index contributed by atoms with van der Waals surface area (Å²) in [5.41, 5.74) is 0.494. The quantitative estimate of drug-likeness (QED) is 0.827. The van der Waals surface area contributed by atoms with Gasteiger partial charge >= 0.3 is 0 Å². The predicted molar refractivity (Wildman–Crippen MR) is 90.1 cm³/mol. The normalized spacial score (nSPS) is 25.2. The lowest BCUT2D eigenvalue weighted by atomic mass is 9.94. The Morgan fingerprint density at radius 3 is 2.56 bits per heavy atom. The summed E-state index contributed by atoms with van der Waals surface area (Å²) in [5.74, 6) is 0.497. The molecule has 8 nitrogen and oxygen atoms in total. The Balaban J connectivity index is 1.47. The van der Waals surface area contributed by atoms with E-state index in [-0.39, 0.29) is 12.1 Å². The molecule has 3 rings (SSSR count). The van der Waals surface area contributed by atoms with Gasteiger partial charge in [0.1, 0.15) is 12.2 Å². The van der Waals surface area contributed by atoms with Crippen LogP contribution in [0.5, 0.6) is 5.88 Å². The minimum Gasteiger partial charge on any atom is -0.474 e. The smallest absolute Gasteiger partial charge is 0.279 e. The number of nitrogens with one attached hydrogen (secondary N) is 1. The second kappa shape index (κ2) is 8.10. The van der Waals surface area contributed by atoms with Crippen LogP contribution in [0.15, 0.2) is 18.3 Å². The number of pyridine rings is 1. The van der Waals surface area contributed by atoms with Gasteiger partial charge in [0.2, 0.25) is 5.88 Å². The first-order valence-corrected chi connectivity index (χ1v) is 9.89. The average Bonchev–Trinajstić information content (AvgIpc) is 2.64. The van der Waals surface area contributed by atoms with Crippen molar-refractivity contribution in [3.05, 3.63) is 23.9 Å². The molecule has 2 aliphatic rings. The number of hydrogen-bond donors (Lipinski definition) is 1. The lowest BCUT2D eigenvalue weighted by Gasteiger charge is -2.32. The van der Waals surface area contributed by atoms with Crippen LogP contribution in [-0.2, 0) is 14.9 Å². The van der Waals surface area contributed by atoms with E-state index < -0.39 is 10.2 Å². The standard InChI is InChI=1S/C16H22N4O4S/c17-11-13-1-6-16(18-12-13)24-15-4-2-14(3-5-15)19-25(21,22)20-7-9-23-10-8-20/h1,6,12,14-15,19H,2-5,7-10H2. The Morgan fingerprint density at radius 2 is 1.96 bits per heavy atom. The fourth-order valence-electron chi connectivity index (χ4n) is 3.06. The molecule has 0 unspecified atom stereocenters. The van der Waals surface area contributed by atoms with E-state index in [1.165, 1.54) is 10.5 Å². The summed E-state index contributed by atoms with van der Waals surface area (Å²) in [6.07, 6.45) is 4.48. The third-order valence-electron chi connectivity index (χ3n) is 4.45. The second-order valence-electron chi connectivity index (χ2n) is 6.22. The highest BCUT2D eigenvalue weighted by Gasteiger charge is 2.30. The molecule has 1 aliphatic heterocycles. The van der Waals surface area contributed by atoms with Crippen molar-refractivity contribution in [3.8, 4) is 11.9 Å². The molecule has 0 bridgehead atoms. The number of nitriles is 1. The molecule has 2 fully saturated rings. The molecule has 1 saturated carbocycles. The Labute approximate surface area is 147 Å². The van der Waals surface area contributed by atoms with E-state index in [9.17, 15) is 8.42 Å². The average molecular weight is 366 g/mol. The maximum atomic E-state index is 12.4. The van der Waals surface area contributed by atoms with Gasteiger partial charge in [-0.2, -0.15) is 22.7 Å². The SMILES string of the molecule is N#Cc1ccc(OC2CCC(NS(=O)(=O)N3CCOCC3)CC2)nc1. The minimum atomic E-state index is -3.45. The number of nitrogens with zero attached hydrogens (tertiary/aromatic N) is 3. The number of morpholine rings is 1. The van der Waals surface area contributed by atoms with Gasteiger partial charge in [0, 0.05) is 31.4 Å². The van der Waals surface area contributed by atoms with Crippen molar-refractivity contribution < 1.29 is 17.9 Å². The van der Waals surface area contributed by atoms with E-state index in [1.807, 2.05) is 6.07 Å². The van der Waals surface area contributed by atoms with Crippen LogP contribution in [0.1, 0.15) is 31.2 Å². The third kappa shape index (κ3) is 4.89. The van der Waals surface area contributed by atoms with E-state index in [0.717, 1.165) is 25.7 Å². The number of ether oxygens (including phenoxy) is 2. The number of aromatic nitrogens is 1. The van der Waals surface area contributed by atoms with Crippen LogP contribution in [0.3, 0.4) is 0 Å². The zero-order chi connectivity index (χ0) is 17.7. The molecule has 2 heterocycles. The maximum Gasteiger partial charge on any atom is 0.279 e. The van der Waals surface area contributed by atoms with Crippen molar-refractivity contribution in [2.45, 2.75) is 37.8 Å². The molecule has 136 valence electrons. The Kier molecular flexibility index (Phi) is 5.86.